The van der Waals surface area contributed by atoms with Crippen LogP contribution in [-0.4, -0.2) is 0 Å². The predicted octanol–water partition coefficient (Wildman–Crippen LogP) is 3.69. The van der Waals surface area contributed by atoms with Gasteiger partial charge < -0.3 is 10.5 Å². The van der Waals surface area contributed by atoms with Gasteiger partial charge in [0.2, 0.25) is 0 Å². The number of fused-ring (bicyclic) bond motifs is 1. The molecule has 2 aromatic carbocycles. The van der Waals surface area contributed by atoms with Gasteiger partial charge in [-0.15, -0.1) is 0 Å². The zero-order valence-electron chi connectivity index (χ0n) is 12.1. The third-order valence-electron chi connectivity index (χ3n) is 4.40. The van der Waals surface area contributed by atoms with E-state index in [-0.39, 0.29) is 11.5 Å². The molecule has 20 heavy (non-hydrogen) atoms. The first kappa shape index (κ1) is 13.3. The number of nitrogens with two attached hydrogens (primary N) is 1. The molecule has 0 fully saturated rings. The molecule has 1 aliphatic heterocycles. The monoisotopic (exact) mass is 267 g/mol. The topological polar surface area (TPSA) is 35.2 Å². The molecule has 2 nitrogen and oxygen atoms in total. The van der Waals surface area contributed by atoms with Crippen LogP contribution in [0.15, 0.2) is 48.5 Å². The molecule has 2 aromatic rings. The molecule has 0 bridgehead atoms. The van der Waals surface area contributed by atoms with E-state index in [1.54, 1.807) is 0 Å². The van der Waals surface area contributed by atoms with Gasteiger partial charge >= 0.3 is 0 Å². The number of benzene rings is 2. The highest BCUT2D eigenvalue weighted by Crippen LogP contribution is 2.36. The van der Waals surface area contributed by atoms with E-state index in [4.69, 9.17) is 10.5 Å². The first-order chi connectivity index (χ1) is 9.59. The Balaban J connectivity index is 1.94. The van der Waals surface area contributed by atoms with Crippen molar-refractivity contribution in [3.05, 3.63) is 70.8 Å². The van der Waals surface area contributed by atoms with Gasteiger partial charge in [-0.3, -0.25) is 0 Å². The summed E-state index contributed by atoms with van der Waals surface area (Å²) in [6, 6.07) is 16.9. The molecule has 0 amide bonds. The molecule has 0 radical (unpaired) electrons. The van der Waals surface area contributed by atoms with E-state index in [1.165, 1.54) is 22.3 Å². The molecular formula is C18H21NO. The molecule has 1 atom stereocenters. The lowest BCUT2D eigenvalue weighted by Crippen LogP contribution is -2.33. The number of rotatable bonds is 3. The van der Waals surface area contributed by atoms with E-state index in [9.17, 15) is 0 Å². The van der Waals surface area contributed by atoms with Gasteiger partial charge in [0.05, 0.1) is 13.2 Å². The van der Waals surface area contributed by atoms with Crippen molar-refractivity contribution >= 4 is 0 Å². The molecule has 0 saturated heterocycles. The third-order valence-corrected chi connectivity index (χ3v) is 4.40. The van der Waals surface area contributed by atoms with E-state index < -0.39 is 0 Å². The highest BCUT2D eigenvalue weighted by molar-refractivity contribution is 5.38. The van der Waals surface area contributed by atoms with Crippen LogP contribution in [0.2, 0.25) is 0 Å². The molecule has 1 unspecified atom stereocenters. The summed E-state index contributed by atoms with van der Waals surface area (Å²) in [7, 11) is 0. The Morgan fingerprint density at radius 1 is 1.00 bits per heavy atom. The van der Waals surface area contributed by atoms with E-state index in [0.29, 0.717) is 6.61 Å². The van der Waals surface area contributed by atoms with Crippen molar-refractivity contribution in [2.24, 2.45) is 5.73 Å². The summed E-state index contributed by atoms with van der Waals surface area (Å²) < 4.78 is 5.48. The van der Waals surface area contributed by atoms with Crippen molar-refractivity contribution in [1.29, 1.82) is 0 Å². The molecule has 0 aliphatic carbocycles. The minimum absolute atomic E-state index is 0.0317. The van der Waals surface area contributed by atoms with E-state index in [0.717, 1.165) is 6.61 Å². The number of hydrogen-bond donors (Lipinski definition) is 1. The lowest BCUT2D eigenvalue weighted by molar-refractivity contribution is 0.134. The van der Waals surface area contributed by atoms with Gasteiger partial charge in [-0.2, -0.15) is 0 Å². The summed E-state index contributed by atoms with van der Waals surface area (Å²) in [5.74, 6) is 0. The Kier molecular flexibility index (Phi) is 3.36. The average Bonchev–Trinajstić information content (AvgIpc) is 2.94. The molecule has 3 rings (SSSR count). The minimum atomic E-state index is -0.102. The Morgan fingerprint density at radius 2 is 1.70 bits per heavy atom. The fourth-order valence-corrected chi connectivity index (χ4v) is 2.85. The van der Waals surface area contributed by atoms with Gasteiger partial charge in [-0.25, -0.2) is 0 Å². The standard InChI is InChI=1S/C18H21NO/c1-18(2,16-6-4-3-5-7-16)17(19)13-8-9-14-11-20-12-15(14)10-13/h3-10,17H,11-12,19H2,1-2H3. The zero-order valence-corrected chi connectivity index (χ0v) is 12.1. The highest BCUT2D eigenvalue weighted by Gasteiger charge is 2.30. The van der Waals surface area contributed by atoms with Crippen LogP contribution in [0.4, 0.5) is 0 Å². The Hall–Kier alpha value is -1.64. The summed E-state index contributed by atoms with van der Waals surface area (Å²) in [6.07, 6.45) is 0. The van der Waals surface area contributed by atoms with Gasteiger partial charge in [-0.1, -0.05) is 62.4 Å². The molecule has 0 spiro atoms. The van der Waals surface area contributed by atoms with Crippen LogP contribution in [0.25, 0.3) is 0 Å². The van der Waals surface area contributed by atoms with Gasteiger partial charge in [-0.05, 0) is 22.3 Å². The summed E-state index contributed by atoms with van der Waals surface area (Å²) in [5.41, 5.74) is 11.5. The van der Waals surface area contributed by atoms with Gasteiger partial charge in [0.15, 0.2) is 0 Å². The summed E-state index contributed by atoms with van der Waals surface area (Å²) in [6.45, 7) is 5.85. The predicted molar refractivity (Wildman–Crippen MR) is 81.3 cm³/mol. The second-order valence-electron chi connectivity index (χ2n) is 6.09. The van der Waals surface area contributed by atoms with Crippen LogP contribution < -0.4 is 5.73 Å². The maximum atomic E-state index is 6.56. The quantitative estimate of drug-likeness (QED) is 0.920. The molecule has 0 aromatic heterocycles. The molecule has 0 saturated carbocycles. The zero-order chi connectivity index (χ0) is 14.2. The average molecular weight is 267 g/mol. The van der Waals surface area contributed by atoms with Crippen LogP contribution in [-0.2, 0) is 23.4 Å². The molecule has 1 aliphatic rings. The summed E-state index contributed by atoms with van der Waals surface area (Å²) in [5, 5.41) is 0. The Bertz CT molecular complexity index is 604. The molecule has 2 heteroatoms. The largest absolute Gasteiger partial charge is 0.372 e. The van der Waals surface area contributed by atoms with Crippen LogP contribution in [0, 0.1) is 0 Å². The third kappa shape index (κ3) is 2.26. The van der Waals surface area contributed by atoms with Gasteiger partial charge in [0.25, 0.3) is 0 Å². The lowest BCUT2D eigenvalue weighted by Gasteiger charge is -2.33. The maximum absolute atomic E-state index is 6.56. The maximum Gasteiger partial charge on any atom is 0.0725 e. The lowest BCUT2D eigenvalue weighted by atomic mass is 9.75. The van der Waals surface area contributed by atoms with Crippen LogP contribution in [0.5, 0.6) is 0 Å². The first-order valence-electron chi connectivity index (χ1n) is 7.09. The molecule has 2 N–H and O–H groups in total. The molecule has 1 heterocycles. The van der Waals surface area contributed by atoms with Crippen molar-refractivity contribution in [1.82, 2.24) is 0 Å². The molecule has 104 valence electrons. The fraction of sp³-hybridized carbons (Fsp3) is 0.333. The minimum Gasteiger partial charge on any atom is -0.372 e. The van der Waals surface area contributed by atoms with Crippen LogP contribution in [0.3, 0.4) is 0 Å². The van der Waals surface area contributed by atoms with Gasteiger partial charge in [0.1, 0.15) is 0 Å². The number of ether oxygens (including phenoxy) is 1. The summed E-state index contributed by atoms with van der Waals surface area (Å²) in [4.78, 5) is 0. The smallest absolute Gasteiger partial charge is 0.0725 e. The Morgan fingerprint density at radius 3 is 2.45 bits per heavy atom. The van der Waals surface area contributed by atoms with E-state index in [1.807, 2.05) is 6.07 Å². The second kappa shape index (κ2) is 5.04. The van der Waals surface area contributed by atoms with Crippen molar-refractivity contribution in [3.8, 4) is 0 Å². The Labute approximate surface area is 120 Å². The van der Waals surface area contributed by atoms with Gasteiger partial charge in [0, 0.05) is 11.5 Å². The SMILES string of the molecule is CC(C)(c1ccccc1)C(N)c1ccc2c(c1)COC2. The van der Waals surface area contributed by atoms with E-state index >= 15 is 0 Å². The van der Waals surface area contributed by atoms with Crippen molar-refractivity contribution < 1.29 is 4.74 Å². The van der Waals surface area contributed by atoms with Crippen molar-refractivity contribution in [2.45, 2.75) is 38.5 Å². The summed E-state index contributed by atoms with van der Waals surface area (Å²) >= 11 is 0. The van der Waals surface area contributed by atoms with Crippen molar-refractivity contribution in [3.63, 3.8) is 0 Å². The first-order valence-corrected chi connectivity index (χ1v) is 7.09. The molecular weight excluding hydrogens is 246 g/mol. The fourth-order valence-electron chi connectivity index (χ4n) is 2.85. The second-order valence-corrected chi connectivity index (χ2v) is 6.09. The van der Waals surface area contributed by atoms with Crippen molar-refractivity contribution in [2.75, 3.05) is 0 Å². The number of hydrogen-bond acceptors (Lipinski definition) is 2. The highest BCUT2D eigenvalue weighted by atomic mass is 16.5. The van der Waals surface area contributed by atoms with Crippen LogP contribution >= 0.6 is 0 Å². The normalized spacial score (nSPS) is 15.9. The van der Waals surface area contributed by atoms with E-state index in [2.05, 4.69) is 56.3 Å². The van der Waals surface area contributed by atoms with Crippen LogP contribution in [0.1, 0.15) is 42.1 Å².